The van der Waals surface area contributed by atoms with Crippen molar-refractivity contribution in [1.82, 2.24) is 19.9 Å². The molecule has 3 atom stereocenters. The van der Waals surface area contributed by atoms with Crippen molar-refractivity contribution in [2.45, 2.75) is 44.1 Å². The number of nitrogens with zero attached hydrogens (tertiary/aromatic N) is 6. The number of morpholine rings is 1. The van der Waals surface area contributed by atoms with Gasteiger partial charge in [-0.05, 0) is 42.8 Å². The highest BCUT2D eigenvalue weighted by Gasteiger charge is 2.43. The van der Waals surface area contributed by atoms with Crippen LogP contribution in [0.4, 0.5) is 33.5 Å². The Hall–Kier alpha value is -5.12. The van der Waals surface area contributed by atoms with E-state index in [1.165, 1.54) is 23.4 Å². The lowest BCUT2D eigenvalue weighted by molar-refractivity contribution is -0.144. The standard InChI is InChI=1S/C32H27F5N6O5/c1-16-15-46-9-8-42(16)22-11-18(17-6-7-38-21(10-17)27(33)34)13-39-29(22)47-19-12-23(30(44)45)43(14-19)28-26-25(40-31(41-28)32(35,36)37)20-4-2-3-5-24(20)48-26/h2-7,10-11,13,16,19,23,27H,8-9,12,14-15H2,1H3,(H,44,45)/t16-,19-,23-/m0/s1. The lowest BCUT2D eigenvalue weighted by atomic mass is 10.1. The summed E-state index contributed by atoms with van der Waals surface area (Å²) in [5, 5.41) is 10.5. The molecule has 0 spiro atoms. The number of alkyl halides is 5. The summed E-state index contributed by atoms with van der Waals surface area (Å²) in [6.07, 6.45) is -5.92. The Morgan fingerprint density at radius 2 is 1.90 bits per heavy atom. The van der Waals surface area contributed by atoms with Gasteiger partial charge in [-0.3, -0.25) is 4.98 Å². The summed E-state index contributed by atoms with van der Waals surface area (Å²) < 4.78 is 86.6. The maximum atomic E-state index is 14.0. The Balaban J connectivity index is 1.27. The first-order chi connectivity index (χ1) is 23.0. The van der Waals surface area contributed by atoms with Gasteiger partial charge in [-0.1, -0.05) is 12.1 Å². The van der Waals surface area contributed by atoms with Crippen molar-refractivity contribution < 1.29 is 45.7 Å². The van der Waals surface area contributed by atoms with E-state index in [4.69, 9.17) is 13.9 Å². The monoisotopic (exact) mass is 670 g/mol. The molecule has 2 saturated heterocycles. The molecule has 4 aromatic heterocycles. The zero-order valence-corrected chi connectivity index (χ0v) is 25.2. The molecule has 1 aromatic carbocycles. The van der Waals surface area contributed by atoms with Crippen molar-refractivity contribution in [2.75, 3.05) is 36.1 Å². The SMILES string of the molecule is C[C@H]1COCCN1c1cc(-c2ccnc(C(F)F)c2)cnc1O[C@H]1C[C@@H](C(=O)O)N(c2nc(C(F)(F)F)nc3c2oc2ccccc23)C1. The Morgan fingerprint density at radius 3 is 2.65 bits per heavy atom. The zero-order valence-electron chi connectivity index (χ0n) is 25.2. The molecule has 1 N–H and O–H groups in total. The van der Waals surface area contributed by atoms with Crippen LogP contribution in [0.3, 0.4) is 0 Å². The van der Waals surface area contributed by atoms with E-state index in [9.17, 15) is 31.9 Å². The third-order valence-corrected chi connectivity index (χ3v) is 8.40. The molecule has 2 aliphatic heterocycles. The van der Waals surface area contributed by atoms with Crippen molar-refractivity contribution in [2.24, 2.45) is 0 Å². The fourth-order valence-corrected chi connectivity index (χ4v) is 6.13. The first kappa shape index (κ1) is 31.5. The molecule has 7 rings (SSSR count). The number of ether oxygens (including phenoxy) is 2. The number of anilines is 2. The Labute approximate surface area is 268 Å². The lowest BCUT2D eigenvalue weighted by Crippen LogP contribution is -2.44. The number of rotatable bonds is 7. The van der Waals surface area contributed by atoms with Gasteiger partial charge >= 0.3 is 12.1 Å². The summed E-state index contributed by atoms with van der Waals surface area (Å²) in [4.78, 5) is 31.5. The highest BCUT2D eigenvalue weighted by molar-refractivity contribution is 6.06. The summed E-state index contributed by atoms with van der Waals surface area (Å²) in [6, 6.07) is 9.57. The smallest absolute Gasteiger partial charge is 0.451 e. The first-order valence-electron chi connectivity index (χ1n) is 15.0. The van der Waals surface area contributed by atoms with Crippen LogP contribution in [0, 0.1) is 0 Å². The molecule has 0 radical (unpaired) electrons. The largest absolute Gasteiger partial charge is 0.480 e. The summed E-state index contributed by atoms with van der Waals surface area (Å²) in [5.41, 5.74) is 1.19. The topological polar surface area (TPSA) is 127 Å². The number of halogens is 5. The van der Waals surface area contributed by atoms with Gasteiger partial charge in [0, 0.05) is 42.4 Å². The molecule has 5 aromatic rings. The minimum Gasteiger partial charge on any atom is -0.480 e. The van der Waals surface area contributed by atoms with Gasteiger partial charge in [-0.2, -0.15) is 13.2 Å². The fraction of sp³-hybridized carbons (Fsp3) is 0.344. The molecule has 2 aliphatic rings. The third kappa shape index (κ3) is 5.80. The number of carbonyl (C=O) groups is 1. The first-order valence-corrected chi connectivity index (χ1v) is 15.0. The van der Waals surface area contributed by atoms with E-state index in [-0.39, 0.29) is 47.4 Å². The van der Waals surface area contributed by atoms with Crippen LogP contribution in [0.25, 0.3) is 33.2 Å². The summed E-state index contributed by atoms with van der Waals surface area (Å²) >= 11 is 0. The van der Waals surface area contributed by atoms with Gasteiger partial charge in [-0.15, -0.1) is 0 Å². The summed E-state index contributed by atoms with van der Waals surface area (Å²) in [7, 11) is 0. The van der Waals surface area contributed by atoms with Crippen LogP contribution in [0.15, 0.2) is 59.3 Å². The van der Waals surface area contributed by atoms with Crippen molar-refractivity contribution in [3.8, 4) is 17.0 Å². The average Bonchev–Trinajstić information content (AvgIpc) is 3.66. The number of hydrogen-bond acceptors (Lipinski definition) is 10. The number of benzene rings is 1. The number of aliphatic carboxylic acids is 1. The molecule has 48 heavy (non-hydrogen) atoms. The molecule has 0 saturated carbocycles. The van der Waals surface area contributed by atoms with Gasteiger partial charge in [0.1, 0.15) is 34.6 Å². The number of carboxylic acid groups (broad SMARTS) is 1. The second-order valence-corrected chi connectivity index (χ2v) is 11.6. The maximum Gasteiger partial charge on any atom is 0.451 e. The van der Waals surface area contributed by atoms with Gasteiger partial charge < -0.3 is 28.8 Å². The molecule has 0 unspecified atom stereocenters. The van der Waals surface area contributed by atoms with E-state index in [2.05, 4.69) is 19.9 Å². The average molecular weight is 671 g/mol. The molecule has 250 valence electrons. The fourth-order valence-electron chi connectivity index (χ4n) is 6.13. The van der Waals surface area contributed by atoms with Crippen molar-refractivity contribution in [3.05, 3.63) is 66.4 Å². The Morgan fingerprint density at radius 1 is 1.08 bits per heavy atom. The minimum atomic E-state index is -4.92. The maximum absolute atomic E-state index is 14.0. The quantitative estimate of drug-likeness (QED) is 0.201. The summed E-state index contributed by atoms with van der Waals surface area (Å²) in [5.74, 6) is -2.91. The van der Waals surface area contributed by atoms with E-state index in [0.29, 0.717) is 42.0 Å². The number of carboxylic acids is 1. The number of aromatic nitrogens is 4. The molecule has 0 aliphatic carbocycles. The molecule has 0 amide bonds. The van der Waals surface area contributed by atoms with Crippen LogP contribution >= 0.6 is 0 Å². The number of pyridine rings is 2. The predicted octanol–water partition coefficient (Wildman–Crippen LogP) is 6.13. The van der Waals surface area contributed by atoms with Gasteiger partial charge in [0.15, 0.2) is 11.4 Å². The van der Waals surface area contributed by atoms with Crippen LogP contribution in [-0.4, -0.2) is 75.5 Å². The van der Waals surface area contributed by atoms with E-state index in [1.54, 1.807) is 36.4 Å². The van der Waals surface area contributed by atoms with E-state index < -0.39 is 42.2 Å². The molecule has 0 bridgehead atoms. The van der Waals surface area contributed by atoms with Crippen LogP contribution in [0.2, 0.25) is 0 Å². The van der Waals surface area contributed by atoms with Crippen molar-refractivity contribution in [3.63, 3.8) is 0 Å². The van der Waals surface area contributed by atoms with Crippen LogP contribution in [0.1, 0.15) is 31.3 Å². The van der Waals surface area contributed by atoms with Gasteiger partial charge in [0.2, 0.25) is 11.7 Å². The number of furan rings is 1. The minimum absolute atomic E-state index is 0.0815. The predicted molar refractivity (Wildman–Crippen MR) is 162 cm³/mol. The second kappa shape index (κ2) is 12.2. The molecular weight excluding hydrogens is 643 g/mol. The number of hydrogen-bond donors (Lipinski definition) is 1. The van der Waals surface area contributed by atoms with E-state index in [0.717, 1.165) is 0 Å². The molecular formula is C32H27F5N6O5. The van der Waals surface area contributed by atoms with Crippen LogP contribution in [-0.2, 0) is 15.7 Å². The number of para-hydroxylation sites is 1. The molecule has 2 fully saturated rings. The zero-order chi connectivity index (χ0) is 33.7. The summed E-state index contributed by atoms with van der Waals surface area (Å²) in [6.45, 7) is 3.03. The third-order valence-electron chi connectivity index (χ3n) is 8.40. The van der Waals surface area contributed by atoms with Crippen LogP contribution < -0.4 is 14.5 Å². The van der Waals surface area contributed by atoms with Crippen molar-refractivity contribution in [1.29, 1.82) is 0 Å². The normalized spacial score (nSPS) is 20.3. The number of fused-ring (bicyclic) bond motifs is 3. The highest BCUT2D eigenvalue weighted by atomic mass is 19.4. The van der Waals surface area contributed by atoms with Gasteiger partial charge in [-0.25, -0.2) is 28.5 Å². The van der Waals surface area contributed by atoms with E-state index in [1.807, 2.05) is 11.8 Å². The van der Waals surface area contributed by atoms with E-state index >= 15 is 0 Å². The Kier molecular flexibility index (Phi) is 7.97. The Bertz CT molecular complexity index is 2010. The molecule has 11 nitrogen and oxygen atoms in total. The highest BCUT2D eigenvalue weighted by Crippen LogP contribution is 2.41. The van der Waals surface area contributed by atoms with Gasteiger partial charge in [0.25, 0.3) is 6.43 Å². The second-order valence-electron chi connectivity index (χ2n) is 11.6. The van der Waals surface area contributed by atoms with Crippen LogP contribution in [0.5, 0.6) is 5.88 Å². The molecule has 6 heterocycles. The van der Waals surface area contributed by atoms with Crippen molar-refractivity contribution >= 4 is 39.5 Å². The lowest BCUT2D eigenvalue weighted by Gasteiger charge is -2.36. The van der Waals surface area contributed by atoms with Gasteiger partial charge in [0.05, 0.1) is 19.8 Å². The molecule has 16 heteroatoms.